The second-order valence-electron chi connectivity index (χ2n) is 6.64. The highest BCUT2D eigenvalue weighted by Gasteiger charge is 2.27. The summed E-state index contributed by atoms with van der Waals surface area (Å²) in [6, 6.07) is 6.02. The first-order chi connectivity index (χ1) is 12.9. The predicted molar refractivity (Wildman–Crippen MR) is 97.5 cm³/mol. The molecule has 3 aromatic rings. The Labute approximate surface area is 150 Å². The lowest BCUT2D eigenvalue weighted by atomic mass is 10.3. The van der Waals surface area contributed by atoms with E-state index in [1.807, 2.05) is 18.3 Å². The molecule has 9 nitrogen and oxygen atoms in total. The monoisotopic (exact) mass is 352 g/mol. The summed E-state index contributed by atoms with van der Waals surface area (Å²) in [5.41, 5.74) is 0.942. The van der Waals surface area contributed by atoms with Crippen molar-refractivity contribution in [1.82, 2.24) is 25.3 Å². The summed E-state index contributed by atoms with van der Waals surface area (Å²) in [4.78, 5) is 20.8. The highest BCUT2D eigenvalue weighted by Crippen LogP contribution is 2.30. The van der Waals surface area contributed by atoms with Crippen LogP contribution in [0.2, 0.25) is 0 Å². The van der Waals surface area contributed by atoms with E-state index in [0.717, 1.165) is 56.7 Å². The second-order valence-corrected chi connectivity index (χ2v) is 6.64. The fourth-order valence-corrected chi connectivity index (χ4v) is 3.66. The van der Waals surface area contributed by atoms with Crippen LogP contribution in [0.4, 0.5) is 17.5 Å². The molecule has 3 aromatic heterocycles. The van der Waals surface area contributed by atoms with E-state index < -0.39 is 0 Å². The fourth-order valence-electron chi connectivity index (χ4n) is 3.66. The van der Waals surface area contributed by atoms with Crippen LogP contribution < -0.4 is 14.7 Å². The van der Waals surface area contributed by atoms with E-state index in [1.54, 1.807) is 0 Å². The Morgan fingerprint density at radius 2 is 1.35 bits per heavy atom. The summed E-state index contributed by atoms with van der Waals surface area (Å²) in [5, 5.41) is 7.75. The van der Waals surface area contributed by atoms with Crippen molar-refractivity contribution in [3.8, 4) is 0 Å². The zero-order valence-electron chi connectivity index (χ0n) is 14.5. The lowest BCUT2D eigenvalue weighted by Crippen LogP contribution is -2.47. The molecule has 9 heteroatoms. The molecule has 0 radical (unpaired) electrons. The number of pyridine rings is 1. The largest absolute Gasteiger partial charge is 0.353 e. The molecule has 134 valence electrons. The molecule has 0 aromatic carbocycles. The first-order valence-corrected chi connectivity index (χ1v) is 9.05. The minimum Gasteiger partial charge on any atom is -0.353 e. The molecule has 0 N–H and O–H groups in total. The number of rotatable bonds is 3. The Kier molecular flexibility index (Phi) is 3.76. The number of anilines is 3. The minimum absolute atomic E-state index is 0.468. The van der Waals surface area contributed by atoms with E-state index in [2.05, 4.69) is 36.1 Å². The first-order valence-electron chi connectivity index (χ1n) is 9.05. The molecule has 2 aliphatic rings. The van der Waals surface area contributed by atoms with Gasteiger partial charge in [-0.05, 0) is 35.3 Å². The van der Waals surface area contributed by atoms with Crippen molar-refractivity contribution in [2.75, 3.05) is 54.0 Å². The van der Waals surface area contributed by atoms with Gasteiger partial charge in [0.25, 0.3) is 0 Å². The minimum atomic E-state index is 0.468. The number of nitrogens with zero attached hydrogens (tertiary/aromatic N) is 8. The standard InChI is InChI=1S/C17H20N8O/c1-2-6-18-13(5-1)23-9-11-25(12-10-23)17-16(24-7-3-4-8-24)19-14-15(20-17)22-26-21-14/h1-2,5-6H,3-4,7-12H2. The number of fused-ring (bicyclic) bond motifs is 1. The molecule has 0 amide bonds. The molecule has 0 bridgehead atoms. The summed E-state index contributed by atoms with van der Waals surface area (Å²) in [7, 11) is 0. The summed E-state index contributed by atoms with van der Waals surface area (Å²) >= 11 is 0. The maximum absolute atomic E-state index is 4.82. The summed E-state index contributed by atoms with van der Waals surface area (Å²) in [6.07, 6.45) is 4.21. The average molecular weight is 352 g/mol. The van der Waals surface area contributed by atoms with Gasteiger partial charge in [-0.25, -0.2) is 19.6 Å². The molecule has 0 spiro atoms. The third-order valence-corrected chi connectivity index (χ3v) is 5.04. The molecule has 0 unspecified atom stereocenters. The quantitative estimate of drug-likeness (QED) is 0.693. The van der Waals surface area contributed by atoms with E-state index in [4.69, 9.17) is 14.6 Å². The van der Waals surface area contributed by atoms with Crippen LogP contribution in [0.3, 0.4) is 0 Å². The van der Waals surface area contributed by atoms with Crippen molar-refractivity contribution in [1.29, 1.82) is 0 Å². The van der Waals surface area contributed by atoms with Gasteiger partial charge in [0.15, 0.2) is 11.6 Å². The highest BCUT2D eigenvalue weighted by atomic mass is 16.6. The molecule has 2 saturated heterocycles. The van der Waals surface area contributed by atoms with Gasteiger partial charge in [-0.2, -0.15) is 0 Å². The van der Waals surface area contributed by atoms with Crippen molar-refractivity contribution < 1.29 is 4.63 Å². The van der Waals surface area contributed by atoms with Crippen molar-refractivity contribution in [2.45, 2.75) is 12.8 Å². The van der Waals surface area contributed by atoms with Gasteiger partial charge in [0, 0.05) is 45.5 Å². The maximum Gasteiger partial charge on any atom is 0.245 e. The van der Waals surface area contributed by atoms with Crippen molar-refractivity contribution in [2.24, 2.45) is 0 Å². The summed E-state index contributed by atoms with van der Waals surface area (Å²) in [6.45, 7) is 5.53. The fraction of sp³-hybridized carbons (Fsp3) is 0.471. The maximum atomic E-state index is 4.82. The third kappa shape index (κ3) is 2.69. The lowest BCUT2D eigenvalue weighted by molar-refractivity contribution is 0.314. The smallest absolute Gasteiger partial charge is 0.245 e. The predicted octanol–water partition coefficient (Wildman–Crippen LogP) is 1.33. The molecule has 5 heterocycles. The molecule has 5 rings (SSSR count). The van der Waals surface area contributed by atoms with Crippen LogP contribution in [-0.2, 0) is 0 Å². The number of hydrogen-bond donors (Lipinski definition) is 0. The zero-order chi connectivity index (χ0) is 17.3. The van der Waals surface area contributed by atoms with Gasteiger partial charge in [0.05, 0.1) is 0 Å². The first kappa shape index (κ1) is 15.3. The number of hydrogen-bond acceptors (Lipinski definition) is 9. The zero-order valence-corrected chi connectivity index (χ0v) is 14.5. The van der Waals surface area contributed by atoms with Gasteiger partial charge in [-0.15, -0.1) is 0 Å². The van der Waals surface area contributed by atoms with Crippen LogP contribution in [0.25, 0.3) is 11.3 Å². The lowest BCUT2D eigenvalue weighted by Gasteiger charge is -2.37. The Balaban J connectivity index is 1.42. The Bertz CT molecular complexity index is 884. The molecular weight excluding hydrogens is 332 g/mol. The van der Waals surface area contributed by atoms with Gasteiger partial charge in [0.1, 0.15) is 5.82 Å². The molecule has 2 fully saturated rings. The second kappa shape index (κ2) is 6.40. The highest BCUT2D eigenvalue weighted by molar-refractivity contribution is 5.75. The van der Waals surface area contributed by atoms with Gasteiger partial charge < -0.3 is 14.7 Å². The Hall–Kier alpha value is -2.97. The number of aromatic nitrogens is 5. The van der Waals surface area contributed by atoms with E-state index in [1.165, 1.54) is 12.8 Å². The molecule has 0 atom stereocenters. The average Bonchev–Trinajstić information content (AvgIpc) is 3.39. The Morgan fingerprint density at radius 3 is 1.96 bits per heavy atom. The molecule has 0 saturated carbocycles. The molecule has 26 heavy (non-hydrogen) atoms. The summed E-state index contributed by atoms with van der Waals surface area (Å²) < 4.78 is 4.82. The van der Waals surface area contributed by atoms with Crippen LogP contribution in [0, 0.1) is 0 Å². The molecular formula is C17H20N8O. The third-order valence-electron chi connectivity index (χ3n) is 5.04. The SMILES string of the molecule is c1ccc(N2CCN(c3nc4nonc4nc3N3CCCC3)CC2)nc1. The molecule has 0 aliphatic carbocycles. The normalized spacial score (nSPS) is 18.1. The molecule has 2 aliphatic heterocycles. The van der Waals surface area contributed by atoms with Gasteiger partial charge >= 0.3 is 0 Å². The van der Waals surface area contributed by atoms with Crippen LogP contribution in [0.5, 0.6) is 0 Å². The van der Waals surface area contributed by atoms with E-state index in [9.17, 15) is 0 Å². The topological polar surface area (TPSA) is 87.3 Å². The van der Waals surface area contributed by atoms with Crippen molar-refractivity contribution in [3.63, 3.8) is 0 Å². The van der Waals surface area contributed by atoms with Crippen molar-refractivity contribution >= 4 is 28.7 Å². The van der Waals surface area contributed by atoms with Crippen molar-refractivity contribution in [3.05, 3.63) is 24.4 Å². The Morgan fingerprint density at radius 1 is 0.731 bits per heavy atom. The van der Waals surface area contributed by atoms with Gasteiger partial charge in [-0.3, -0.25) is 0 Å². The van der Waals surface area contributed by atoms with Gasteiger partial charge in [0.2, 0.25) is 11.3 Å². The van der Waals surface area contributed by atoms with Crippen LogP contribution in [-0.4, -0.2) is 64.5 Å². The van der Waals surface area contributed by atoms with E-state index in [0.29, 0.717) is 11.3 Å². The summed E-state index contributed by atoms with van der Waals surface area (Å²) in [5.74, 6) is 2.81. The van der Waals surface area contributed by atoms with E-state index in [-0.39, 0.29) is 0 Å². The van der Waals surface area contributed by atoms with Crippen LogP contribution in [0.1, 0.15) is 12.8 Å². The van der Waals surface area contributed by atoms with E-state index >= 15 is 0 Å². The number of piperazine rings is 1. The van der Waals surface area contributed by atoms with Crippen LogP contribution >= 0.6 is 0 Å². The van der Waals surface area contributed by atoms with Crippen LogP contribution in [0.15, 0.2) is 29.0 Å². The van der Waals surface area contributed by atoms with Gasteiger partial charge in [-0.1, -0.05) is 6.07 Å².